The second-order valence-corrected chi connectivity index (χ2v) is 8.78. The summed E-state index contributed by atoms with van der Waals surface area (Å²) in [6, 6.07) is 15.0. The second kappa shape index (κ2) is 12.0. The van der Waals surface area contributed by atoms with Gasteiger partial charge in [0.25, 0.3) is 5.91 Å². The Morgan fingerprint density at radius 2 is 1.67 bits per heavy atom. The quantitative estimate of drug-likeness (QED) is 0.542. The molecule has 3 N–H and O–H groups in total. The number of hydrogen-bond acceptors (Lipinski definition) is 4. The van der Waals surface area contributed by atoms with Crippen LogP contribution in [0, 0.1) is 0 Å². The Labute approximate surface area is 195 Å². The van der Waals surface area contributed by atoms with Crippen LogP contribution in [0.15, 0.2) is 48.5 Å². The molecule has 0 heterocycles. The minimum absolute atomic E-state index is 0.0940. The fraction of sp³-hybridized carbons (Fsp3) is 0.423. The predicted octanol–water partition coefficient (Wildman–Crippen LogP) is 3.82. The molecule has 0 radical (unpaired) electrons. The SMILES string of the molecule is CN(C)C(=O)CCc1ccc(NCC(=O)Nc2cccc(C(=O)NC3CCCCC3)c2)cc1. The van der Waals surface area contributed by atoms with Gasteiger partial charge in [-0.1, -0.05) is 37.5 Å². The fourth-order valence-corrected chi connectivity index (χ4v) is 3.91. The Morgan fingerprint density at radius 3 is 2.36 bits per heavy atom. The van der Waals surface area contributed by atoms with E-state index < -0.39 is 0 Å². The van der Waals surface area contributed by atoms with E-state index in [1.807, 2.05) is 24.3 Å². The van der Waals surface area contributed by atoms with Crippen molar-refractivity contribution >= 4 is 29.1 Å². The van der Waals surface area contributed by atoms with Crippen LogP contribution >= 0.6 is 0 Å². The molecule has 1 aliphatic rings. The van der Waals surface area contributed by atoms with Crippen molar-refractivity contribution in [3.63, 3.8) is 0 Å². The van der Waals surface area contributed by atoms with Crippen LogP contribution < -0.4 is 16.0 Å². The molecule has 0 atom stereocenters. The molecule has 1 saturated carbocycles. The van der Waals surface area contributed by atoms with Crippen LogP contribution in [0.4, 0.5) is 11.4 Å². The third-order valence-corrected chi connectivity index (χ3v) is 5.88. The summed E-state index contributed by atoms with van der Waals surface area (Å²) < 4.78 is 0. The number of benzene rings is 2. The number of carbonyl (C=O) groups is 3. The van der Waals surface area contributed by atoms with E-state index in [1.54, 1.807) is 43.3 Å². The molecule has 2 aromatic carbocycles. The first-order chi connectivity index (χ1) is 15.9. The minimum Gasteiger partial charge on any atom is -0.376 e. The van der Waals surface area contributed by atoms with Crippen molar-refractivity contribution in [1.82, 2.24) is 10.2 Å². The zero-order valence-electron chi connectivity index (χ0n) is 19.5. The van der Waals surface area contributed by atoms with Gasteiger partial charge in [-0.3, -0.25) is 14.4 Å². The van der Waals surface area contributed by atoms with Gasteiger partial charge < -0.3 is 20.9 Å². The van der Waals surface area contributed by atoms with Crippen LogP contribution in [0.3, 0.4) is 0 Å². The molecule has 1 aliphatic carbocycles. The highest BCUT2D eigenvalue weighted by atomic mass is 16.2. The maximum atomic E-state index is 12.5. The summed E-state index contributed by atoms with van der Waals surface area (Å²) in [7, 11) is 3.51. The molecule has 2 aromatic rings. The number of carbonyl (C=O) groups excluding carboxylic acids is 3. The average molecular weight is 451 g/mol. The van der Waals surface area contributed by atoms with Crippen molar-refractivity contribution in [2.75, 3.05) is 31.3 Å². The van der Waals surface area contributed by atoms with Crippen molar-refractivity contribution < 1.29 is 14.4 Å². The minimum atomic E-state index is -0.194. The zero-order chi connectivity index (χ0) is 23.6. The van der Waals surface area contributed by atoms with Crippen molar-refractivity contribution in [2.24, 2.45) is 0 Å². The van der Waals surface area contributed by atoms with E-state index in [2.05, 4.69) is 16.0 Å². The summed E-state index contributed by atoms with van der Waals surface area (Å²) in [4.78, 5) is 38.2. The van der Waals surface area contributed by atoms with Crippen LogP contribution in [0.2, 0.25) is 0 Å². The molecule has 3 amide bonds. The monoisotopic (exact) mass is 450 g/mol. The number of anilines is 2. The zero-order valence-corrected chi connectivity index (χ0v) is 19.5. The molecular formula is C26H34N4O3. The van der Waals surface area contributed by atoms with Gasteiger partial charge in [0.2, 0.25) is 11.8 Å². The Balaban J connectivity index is 1.45. The van der Waals surface area contributed by atoms with Gasteiger partial charge >= 0.3 is 0 Å². The van der Waals surface area contributed by atoms with Crippen LogP contribution in [0.25, 0.3) is 0 Å². The normalized spacial score (nSPS) is 13.8. The van der Waals surface area contributed by atoms with Crippen LogP contribution in [-0.2, 0) is 16.0 Å². The molecule has 0 unspecified atom stereocenters. The molecular weight excluding hydrogens is 416 g/mol. The van der Waals surface area contributed by atoms with E-state index in [4.69, 9.17) is 0 Å². The molecule has 7 heteroatoms. The molecule has 176 valence electrons. The van der Waals surface area contributed by atoms with E-state index in [9.17, 15) is 14.4 Å². The van der Waals surface area contributed by atoms with E-state index in [-0.39, 0.29) is 30.3 Å². The smallest absolute Gasteiger partial charge is 0.251 e. The molecule has 0 bridgehead atoms. The first-order valence-corrected chi connectivity index (χ1v) is 11.6. The van der Waals surface area contributed by atoms with Crippen LogP contribution in [0.5, 0.6) is 0 Å². The van der Waals surface area contributed by atoms with Crippen LogP contribution in [0.1, 0.15) is 54.4 Å². The summed E-state index contributed by atoms with van der Waals surface area (Å²) in [5, 5.41) is 9.04. The van der Waals surface area contributed by atoms with Crippen LogP contribution in [-0.4, -0.2) is 49.3 Å². The number of aryl methyl sites for hydroxylation is 1. The molecule has 0 aliphatic heterocycles. The second-order valence-electron chi connectivity index (χ2n) is 8.78. The molecule has 0 saturated heterocycles. The van der Waals surface area contributed by atoms with Gasteiger partial charge in [0, 0.05) is 43.5 Å². The molecule has 1 fully saturated rings. The highest BCUT2D eigenvalue weighted by Crippen LogP contribution is 2.18. The van der Waals surface area contributed by atoms with Crippen molar-refractivity contribution in [3.8, 4) is 0 Å². The first-order valence-electron chi connectivity index (χ1n) is 11.6. The lowest BCUT2D eigenvalue weighted by molar-refractivity contribution is -0.128. The molecule has 0 spiro atoms. The summed E-state index contributed by atoms with van der Waals surface area (Å²) in [6.07, 6.45) is 6.78. The maximum Gasteiger partial charge on any atom is 0.251 e. The lowest BCUT2D eigenvalue weighted by Crippen LogP contribution is -2.36. The van der Waals surface area contributed by atoms with E-state index in [0.717, 1.165) is 36.9 Å². The van der Waals surface area contributed by atoms with Gasteiger partial charge in [-0.2, -0.15) is 0 Å². The summed E-state index contributed by atoms with van der Waals surface area (Å²) in [5.74, 6) is -0.187. The number of hydrogen-bond donors (Lipinski definition) is 3. The highest BCUT2D eigenvalue weighted by molar-refractivity contribution is 5.98. The number of nitrogens with one attached hydrogen (secondary N) is 3. The molecule has 3 rings (SSSR count). The van der Waals surface area contributed by atoms with Gasteiger partial charge in [0.15, 0.2) is 0 Å². The third-order valence-electron chi connectivity index (χ3n) is 5.88. The Hall–Kier alpha value is -3.35. The highest BCUT2D eigenvalue weighted by Gasteiger charge is 2.17. The van der Waals surface area contributed by atoms with Gasteiger partial charge in [0.05, 0.1) is 6.54 Å². The Kier molecular flexibility index (Phi) is 8.87. The number of nitrogens with zero attached hydrogens (tertiary/aromatic N) is 1. The third kappa shape index (κ3) is 7.93. The number of rotatable bonds is 9. The standard InChI is InChI=1S/C26H34N4O3/c1-30(2)25(32)16-13-19-11-14-21(15-12-19)27-18-24(31)28-23-10-6-7-20(17-23)26(33)29-22-8-4-3-5-9-22/h6-7,10-12,14-15,17,22,27H,3-5,8-9,13,16,18H2,1-2H3,(H,28,31)(H,29,33). The van der Waals surface area contributed by atoms with E-state index in [0.29, 0.717) is 24.1 Å². The molecule has 33 heavy (non-hydrogen) atoms. The Morgan fingerprint density at radius 1 is 0.939 bits per heavy atom. The summed E-state index contributed by atoms with van der Waals surface area (Å²) >= 11 is 0. The Bertz CT molecular complexity index is 950. The predicted molar refractivity (Wildman–Crippen MR) is 131 cm³/mol. The largest absolute Gasteiger partial charge is 0.376 e. The average Bonchev–Trinajstić information content (AvgIpc) is 2.82. The molecule has 7 nitrogen and oxygen atoms in total. The lowest BCUT2D eigenvalue weighted by Gasteiger charge is -2.22. The van der Waals surface area contributed by atoms with Crippen molar-refractivity contribution in [2.45, 2.75) is 51.0 Å². The topological polar surface area (TPSA) is 90.5 Å². The fourth-order valence-electron chi connectivity index (χ4n) is 3.91. The molecule has 0 aromatic heterocycles. The van der Waals surface area contributed by atoms with E-state index in [1.165, 1.54) is 6.42 Å². The van der Waals surface area contributed by atoms with E-state index >= 15 is 0 Å². The lowest BCUT2D eigenvalue weighted by atomic mass is 9.95. The maximum absolute atomic E-state index is 12.5. The van der Waals surface area contributed by atoms with Crippen molar-refractivity contribution in [1.29, 1.82) is 0 Å². The van der Waals surface area contributed by atoms with Crippen molar-refractivity contribution in [3.05, 3.63) is 59.7 Å². The van der Waals surface area contributed by atoms with Gasteiger partial charge in [-0.15, -0.1) is 0 Å². The van der Waals surface area contributed by atoms with Gasteiger partial charge in [-0.25, -0.2) is 0 Å². The summed E-state index contributed by atoms with van der Waals surface area (Å²) in [6.45, 7) is 0.108. The first kappa shape index (κ1) is 24.3. The van der Waals surface area contributed by atoms with Gasteiger partial charge in [0.1, 0.15) is 0 Å². The summed E-state index contributed by atoms with van der Waals surface area (Å²) in [5.41, 5.74) is 3.05. The number of amides is 3. The van der Waals surface area contributed by atoms with Gasteiger partial charge in [-0.05, 0) is 55.2 Å².